The maximum absolute atomic E-state index is 11.2. The van der Waals surface area contributed by atoms with Crippen LogP contribution in [0.4, 0.5) is 5.69 Å². The van der Waals surface area contributed by atoms with Crippen molar-refractivity contribution in [2.24, 2.45) is 5.73 Å². The summed E-state index contributed by atoms with van der Waals surface area (Å²) in [6.45, 7) is 2.69. The minimum atomic E-state index is -0.401. The zero-order valence-corrected chi connectivity index (χ0v) is 11.8. The number of carbonyl (C=O) groups is 1. The number of hydrogen-bond donors (Lipinski definition) is 3. The monoisotopic (exact) mass is 279 g/mol. The van der Waals surface area contributed by atoms with E-state index in [1.54, 1.807) is 6.07 Å². The Balaban J connectivity index is 1.82. The van der Waals surface area contributed by atoms with Gasteiger partial charge in [0.2, 0.25) is 5.91 Å². The molecular weight excluding hydrogens is 262 g/mol. The first kappa shape index (κ1) is 13.2. The number of fused-ring (bicyclic) bond motifs is 1. The SMILES string of the molecule is Cc1cc(C(N)=O)ccc1NCc1cccc2[nH]ccc12. The van der Waals surface area contributed by atoms with E-state index in [1.165, 1.54) is 10.9 Å². The van der Waals surface area contributed by atoms with Gasteiger partial charge in [-0.1, -0.05) is 12.1 Å². The topological polar surface area (TPSA) is 70.9 Å². The molecule has 4 heteroatoms. The third kappa shape index (κ3) is 2.60. The molecule has 0 aliphatic rings. The number of anilines is 1. The zero-order chi connectivity index (χ0) is 14.8. The molecule has 0 saturated heterocycles. The van der Waals surface area contributed by atoms with Gasteiger partial charge in [-0.3, -0.25) is 4.79 Å². The molecular formula is C17H17N3O. The molecule has 0 fully saturated rings. The highest BCUT2D eigenvalue weighted by Gasteiger charge is 2.05. The second kappa shape index (κ2) is 5.32. The molecule has 0 aliphatic heterocycles. The number of rotatable bonds is 4. The lowest BCUT2D eigenvalue weighted by atomic mass is 10.1. The van der Waals surface area contributed by atoms with Gasteiger partial charge in [0.15, 0.2) is 0 Å². The minimum absolute atomic E-state index is 0.401. The van der Waals surface area contributed by atoms with Crippen LogP contribution < -0.4 is 11.1 Å². The highest BCUT2D eigenvalue weighted by Crippen LogP contribution is 2.21. The first-order valence-electron chi connectivity index (χ1n) is 6.84. The highest BCUT2D eigenvalue weighted by molar-refractivity contribution is 5.93. The molecule has 1 heterocycles. The van der Waals surface area contributed by atoms with Crippen LogP contribution in [0, 0.1) is 6.92 Å². The van der Waals surface area contributed by atoms with Crippen LogP contribution in [-0.4, -0.2) is 10.9 Å². The highest BCUT2D eigenvalue weighted by atomic mass is 16.1. The predicted octanol–water partition coefficient (Wildman–Crippen LogP) is 3.19. The van der Waals surface area contributed by atoms with E-state index in [0.717, 1.165) is 23.3 Å². The van der Waals surface area contributed by atoms with Crippen LogP contribution in [0.5, 0.6) is 0 Å². The summed E-state index contributed by atoms with van der Waals surface area (Å²) >= 11 is 0. The van der Waals surface area contributed by atoms with E-state index in [1.807, 2.05) is 31.3 Å². The van der Waals surface area contributed by atoms with Gasteiger partial charge in [-0.25, -0.2) is 0 Å². The number of amides is 1. The first-order valence-corrected chi connectivity index (χ1v) is 6.84. The lowest BCUT2D eigenvalue weighted by molar-refractivity contribution is 0.1000. The maximum Gasteiger partial charge on any atom is 0.248 e. The van der Waals surface area contributed by atoms with Crippen molar-refractivity contribution in [3.05, 3.63) is 65.4 Å². The van der Waals surface area contributed by atoms with Gasteiger partial charge in [-0.15, -0.1) is 0 Å². The minimum Gasteiger partial charge on any atom is -0.381 e. The molecule has 4 N–H and O–H groups in total. The molecule has 1 amide bonds. The second-order valence-corrected chi connectivity index (χ2v) is 5.10. The van der Waals surface area contributed by atoms with Gasteiger partial charge in [0.05, 0.1) is 0 Å². The van der Waals surface area contributed by atoms with Crippen LogP contribution in [0.1, 0.15) is 21.5 Å². The summed E-state index contributed by atoms with van der Waals surface area (Å²) in [4.78, 5) is 14.4. The molecule has 0 spiro atoms. The fourth-order valence-corrected chi connectivity index (χ4v) is 2.51. The van der Waals surface area contributed by atoms with Gasteiger partial charge < -0.3 is 16.0 Å². The number of aromatic nitrogens is 1. The number of primary amides is 1. The van der Waals surface area contributed by atoms with Crippen molar-refractivity contribution >= 4 is 22.5 Å². The Labute approximate surface area is 123 Å². The Morgan fingerprint density at radius 3 is 2.86 bits per heavy atom. The third-order valence-electron chi connectivity index (χ3n) is 3.67. The molecule has 0 bridgehead atoms. The number of nitrogens with two attached hydrogens (primary N) is 1. The second-order valence-electron chi connectivity index (χ2n) is 5.10. The van der Waals surface area contributed by atoms with Gasteiger partial charge in [-0.05, 0) is 48.4 Å². The molecule has 0 atom stereocenters. The number of H-pyrrole nitrogens is 1. The molecule has 106 valence electrons. The van der Waals surface area contributed by atoms with Crippen LogP contribution in [0.2, 0.25) is 0 Å². The molecule has 3 rings (SSSR count). The number of carbonyl (C=O) groups excluding carboxylic acids is 1. The van der Waals surface area contributed by atoms with Crippen molar-refractivity contribution in [3.63, 3.8) is 0 Å². The van der Waals surface area contributed by atoms with E-state index >= 15 is 0 Å². The van der Waals surface area contributed by atoms with E-state index in [4.69, 9.17) is 5.73 Å². The van der Waals surface area contributed by atoms with Gasteiger partial charge in [0.1, 0.15) is 0 Å². The zero-order valence-electron chi connectivity index (χ0n) is 11.8. The number of aromatic amines is 1. The molecule has 2 aromatic carbocycles. The lowest BCUT2D eigenvalue weighted by Crippen LogP contribution is -2.11. The summed E-state index contributed by atoms with van der Waals surface area (Å²) in [7, 11) is 0. The summed E-state index contributed by atoms with van der Waals surface area (Å²) in [6.07, 6.45) is 1.95. The smallest absolute Gasteiger partial charge is 0.248 e. The van der Waals surface area contributed by atoms with Crippen molar-refractivity contribution in [1.29, 1.82) is 0 Å². The number of aryl methyl sites for hydroxylation is 1. The van der Waals surface area contributed by atoms with E-state index in [-0.39, 0.29) is 0 Å². The Morgan fingerprint density at radius 2 is 2.10 bits per heavy atom. The first-order chi connectivity index (χ1) is 10.1. The summed E-state index contributed by atoms with van der Waals surface area (Å²) in [6, 6.07) is 13.7. The Bertz CT molecular complexity index is 805. The van der Waals surface area contributed by atoms with E-state index < -0.39 is 5.91 Å². The van der Waals surface area contributed by atoms with Crippen molar-refractivity contribution in [2.45, 2.75) is 13.5 Å². The van der Waals surface area contributed by atoms with Crippen LogP contribution in [0.3, 0.4) is 0 Å². The predicted molar refractivity (Wildman–Crippen MR) is 85.3 cm³/mol. The van der Waals surface area contributed by atoms with Gasteiger partial charge in [0.25, 0.3) is 0 Å². The quantitative estimate of drug-likeness (QED) is 0.686. The Morgan fingerprint density at radius 1 is 1.24 bits per heavy atom. The van der Waals surface area contributed by atoms with Gasteiger partial charge in [0, 0.05) is 34.9 Å². The molecule has 21 heavy (non-hydrogen) atoms. The van der Waals surface area contributed by atoms with Gasteiger partial charge in [-0.2, -0.15) is 0 Å². The van der Waals surface area contributed by atoms with Gasteiger partial charge >= 0.3 is 0 Å². The molecule has 0 saturated carbocycles. The summed E-state index contributed by atoms with van der Waals surface area (Å²) in [5.74, 6) is -0.401. The van der Waals surface area contributed by atoms with Crippen LogP contribution in [0.25, 0.3) is 10.9 Å². The number of nitrogens with one attached hydrogen (secondary N) is 2. The average Bonchev–Trinajstić information content (AvgIpc) is 2.94. The van der Waals surface area contributed by atoms with Crippen molar-refractivity contribution in [3.8, 4) is 0 Å². The van der Waals surface area contributed by atoms with Crippen LogP contribution >= 0.6 is 0 Å². The molecule has 0 unspecified atom stereocenters. The third-order valence-corrected chi connectivity index (χ3v) is 3.67. The fraction of sp³-hybridized carbons (Fsp3) is 0.118. The van der Waals surface area contributed by atoms with Crippen molar-refractivity contribution in [1.82, 2.24) is 4.98 Å². The van der Waals surface area contributed by atoms with Crippen LogP contribution in [-0.2, 0) is 6.54 Å². The van der Waals surface area contributed by atoms with Crippen molar-refractivity contribution in [2.75, 3.05) is 5.32 Å². The van der Waals surface area contributed by atoms with E-state index in [9.17, 15) is 4.79 Å². The molecule has 0 radical (unpaired) electrons. The van der Waals surface area contributed by atoms with Crippen molar-refractivity contribution < 1.29 is 4.79 Å². The largest absolute Gasteiger partial charge is 0.381 e. The lowest BCUT2D eigenvalue weighted by Gasteiger charge is -2.11. The van der Waals surface area contributed by atoms with E-state index in [2.05, 4.69) is 28.5 Å². The number of hydrogen-bond acceptors (Lipinski definition) is 2. The molecule has 0 aliphatic carbocycles. The van der Waals surface area contributed by atoms with E-state index in [0.29, 0.717) is 5.56 Å². The molecule has 4 nitrogen and oxygen atoms in total. The normalized spacial score (nSPS) is 10.7. The number of benzene rings is 2. The summed E-state index contributed by atoms with van der Waals surface area (Å²) in [5, 5.41) is 4.63. The van der Waals surface area contributed by atoms with Crippen LogP contribution in [0.15, 0.2) is 48.7 Å². The standard InChI is InChI=1S/C17H17N3O/c1-11-9-12(17(18)21)5-6-15(11)20-10-13-3-2-4-16-14(13)7-8-19-16/h2-9,19-20H,10H2,1H3,(H2,18,21). The molecule has 1 aromatic heterocycles. The Kier molecular flexibility index (Phi) is 3.36. The fourth-order valence-electron chi connectivity index (χ4n) is 2.51. The Hall–Kier alpha value is -2.75. The maximum atomic E-state index is 11.2. The summed E-state index contributed by atoms with van der Waals surface area (Å²) in [5.41, 5.74) is 10.2. The summed E-state index contributed by atoms with van der Waals surface area (Å²) < 4.78 is 0. The molecule has 3 aromatic rings. The average molecular weight is 279 g/mol.